The first-order chi connectivity index (χ1) is 6.74. The Labute approximate surface area is 83.7 Å². The molecule has 14 heavy (non-hydrogen) atoms. The predicted molar refractivity (Wildman–Crippen MR) is 51.9 cm³/mol. The maximum atomic E-state index is 11.8. The van der Waals surface area contributed by atoms with Crippen LogP contribution in [0.25, 0.3) is 0 Å². The molecule has 0 aromatic carbocycles. The van der Waals surface area contributed by atoms with Gasteiger partial charge < -0.3 is 10.4 Å². The smallest absolute Gasteiger partial charge is 0.306 e. The molecule has 0 aromatic heterocycles. The summed E-state index contributed by atoms with van der Waals surface area (Å²) in [5, 5.41) is 11.8. The first-order valence-electron chi connectivity index (χ1n) is 5.23. The number of halogens is 1. The van der Waals surface area contributed by atoms with Crippen molar-refractivity contribution in [2.24, 2.45) is 11.8 Å². The number of carboxylic acid groups (broad SMARTS) is 1. The van der Waals surface area contributed by atoms with Crippen molar-refractivity contribution in [2.75, 3.05) is 19.8 Å². The Kier molecular flexibility index (Phi) is 4.87. The van der Waals surface area contributed by atoms with E-state index in [2.05, 4.69) is 5.32 Å². The van der Waals surface area contributed by atoms with Crippen LogP contribution in [0.5, 0.6) is 0 Å². The lowest BCUT2D eigenvalue weighted by molar-refractivity contribution is -0.143. The molecule has 1 fully saturated rings. The number of rotatable bonds is 5. The van der Waals surface area contributed by atoms with Gasteiger partial charge in [-0.25, -0.2) is 4.39 Å². The standard InChI is InChI=1S/C10H18FNO2/c11-5-6-12-7-8-1-3-9(4-2-8)10(13)14/h8-9,12H,1-7H2,(H,13,14). The van der Waals surface area contributed by atoms with Gasteiger partial charge in [0.2, 0.25) is 0 Å². The second kappa shape index (κ2) is 5.96. The maximum absolute atomic E-state index is 11.8. The van der Waals surface area contributed by atoms with Crippen molar-refractivity contribution >= 4 is 5.97 Å². The van der Waals surface area contributed by atoms with Gasteiger partial charge >= 0.3 is 5.97 Å². The lowest BCUT2D eigenvalue weighted by Gasteiger charge is -2.26. The van der Waals surface area contributed by atoms with Crippen molar-refractivity contribution in [3.8, 4) is 0 Å². The van der Waals surface area contributed by atoms with Crippen molar-refractivity contribution in [1.82, 2.24) is 5.32 Å². The third-order valence-corrected chi connectivity index (χ3v) is 2.90. The molecule has 0 radical (unpaired) electrons. The van der Waals surface area contributed by atoms with Gasteiger partial charge in [-0.2, -0.15) is 0 Å². The molecule has 0 amide bonds. The fourth-order valence-electron chi connectivity index (χ4n) is 1.99. The summed E-state index contributed by atoms with van der Waals surface area (Å²) in [6.45, 7) is 0.916. The predicted octanol–water partition coefficient (Wildman–Crippen LogP) is 1.44. The van der Waals surface area contributed by atoms with Crippen LogP contribution in [-0.4, -0.2) is 30.8 Å². The maximum Gasteiger partial charge on any atom is 0.306 e. The summed E-state index contributed by atoms with van der Waals surface area (Å²) in [6, 6.07) is 0. The average Bonchev–Trinajstić information content (AvgIpc) is 2.19. The largest absolute Gasteiger partial charge is 0.481 e. The molecule has 0 heterocycles. The Morgan fingerprint density at radius 1 is 1.36 bits per heavy atom. The highest BCUT2D eigenvalue weighted by molar-refractivity contribution is 5.69. The number of hydrogen-bond donors (Lipinski definition) is 2. The van der Waals surface area contributed by atoms with Crippen molar-refractivity contribution in [3.05, 3.63) is 0 Å². The Bertz CT molecular complexity index is 179. The Morgan fingerprint density at radius 2 is 2.00 bits per heavy atom. The number of nitrogens with one attached hydrogen (secondary N) is 1. The van der Waals surface area contributed by atoms with Crippen LogP contribution in [0.1, 0.15) is 25.7 Å². The number of alkyl halides is 1. The van der Waals surface area contributed by atoms with Crippen LogP contribution in [0.2, 0.25) is 0 Å². The highest BCUT2D eigenvalue weighted by atomic mass is 19.1. The second-order valence-electron chi connectivity index (χ2n) is 3.95. The minimum Gasteiger partial charge on any atom is -0.481 e. The summed E-state index contributed by atoms with van der Waals surface area (Å²) in [5.41, 5.74) is 0. The molecule has 1 aliphatic rings. The summed E-state index contributed by atoms with van der Waals surface area (Å²) >= 11 is 0. The molecule has 0 saturated heterocycles. The second-order valence-corrected chi connectivity index (χ2v) is 3.95. The van der Waals surface area contributed by atoms with Crippen LogP contribution < -0.4 is 5.32 Å². The van der Waals surface area contributed by atoms with E-state index in [-0.39, 0.29) is 12.6 Å². The van der Waals surface area contributed by atoms with E-state index in [0.717, 1.165) is 32.2 Å². The molecule has 0 atom stereocenters. The van der Waals surface area contributed by atoms with Gasteiger partial charge in [-0.05, 0) is 38.1 Å². The average molecular weight is 203 g/mol. The van der Waals surface area contributed by atoms with Gasteiger partial charge in [0.05, 0.1) is 5.92 Å². The molecule has 0 aliphatic heterocycles. The fourth-order valence-corrected chi connectivity index (χ4v) is 1.99. The summed E-state index contributed by atoms with van der Waals surface area (Å²) in [5.74, 6) is -0.273. The lowest BCUT2D eigenvalue weighted by atomic mass is 9.82. The Balaban J connectivity index is 2.12. The summed E-state index contributed by atoms with van der Waals surface area (Å²) in [7, 11) is 0. The van der Waals surface area contributed by atoms with Crippen LogP contribution >= 0.6 is 0 Å². The quantitative estimate of drug-likeness (QED) is 0.665. The molecule has 0 unspecified atom stereocenters. The van der Waals surface area contributed by atoms with E-state index < -0.39 is 5.97 Å². The van der Waals surface area contributed by atoms with Crippen molar-refractivity contribution in [3.63, 3.8) is 0 Å². The zero-order valence-electron chi connectivity index (χ0n) is 8.34. The summed E-state index contributed by atoms with van der Waals surface area (Å²) in [6.07, 6.45) is 3.46. The van der Waals surface area contributed by atoms with Gasteiger partial charge in [0.15, 0.2) is 0 Å². The highest BCUT2D eigenvalue weighted by Gasteiger charge is 2.25. The number of carboxylic acids is 1. The molecule has 4 heteroatoms. The van der Waals surface area contributed by atoms with Crippen LogP contribution in [-0.2, 0) is 4.79 Å². The molecular formula is C10H18FNO2. The van der Waals surface area contributed by atoms with Gasteiger partial charge in [-0.3, -0.25) is 4.79 Å². The first kappa shape index (κ1) is 11.4. The van der Waals surface area contributed by atoms with Crippen LogP contribution in [0, 0.1) is 11.8 Å². The van der Waals surface area contributed by atoms with Crippen LogP contribution in [0.15, 0.2) is 0 Å². The van der Waals surface area contributed by atoms with E-state index in [0.29, 0.717) is 12.5 Å². The van der Waals surface area contributed by atoms with E-state index in [4.69, 9.17) is 5.11 Å². The Morgan fingerprint density at radius 3 is 2.50 bits per heavy atom. The molecule has 2 N–H and O–H groups in total. The lowest BCUT2D eigenvalue weighted by Crippen LogP contribution is -2.29. The summed E-state index contributed by atoms with van der Waals surface area (Å²) < 4.78 is 11.8. The SMILES string of the molecule is O=C(O)C1CCC(CNCCF)CC1. The zero-order valence-corrected chi connectivity index (χ0v) is 8.34. The summed E-state index contributed by atoms with van der Waals surface area (Å²) in [4.78, 5) is 10.7. The fraction of sp³-hybridized carbons (Fsp3) is 0.900. The third kappa shape index (κ3) is 3.62. The minimum atomic E-state index is -0.667. The van der Waals surface area contributed by atoms with Crippen molar-refractivity contribution in [2.45, 2.75) is 25.7 Å². The van der Waals surface area contributed by atoms with Gasteiger partial charge in [-0.15, -0.1) is 0 Å². The van der Waals surface area contributed by atoms with Crippen LogP contribution in [0.3, 0.4) is 0 Å². The van der Waals surface area contributed by atoms with E-state index in [9.17, 15) is 9.18 Å². The van der Waals surface area contributed by atoms with E-state index in [1.54, 1.807) is 0 Å². The molecule has 1 rings (SSSR count). The molecule has 82 valence electrons. The monoisotopic (exact) mass is 203 g/mol. The molecule has 0 spiro atoms. The van der Waals surface area contributed by atoms with Crippen molar-refractivity contribution in [1.29, 1.82) is 0 Å². The highest BCUT2D eigenvalue weighted by Crippen LogP contribution is 2.28. The van der Waals surface area contributed by atoms with Crippen LogP contribution in [0.4, 0.5) is 4.39 Å². The third-order valence-electron chi connectivity index (χ3n) is 2.90. The van der Waals surface area contributed by atoms with E-state index >= 15 is 0 Å². The Hall–Kier alpha value is -0.640. The number of carbonyl (C=O) groups is 1. The zero-order chi connectivity index (χ0) is 10.4. The number of aliphatic carboxylic acids is 1. The van der Waals surface area contributed by atoms with Gasteiger partial charge in [0.25, 0.3) is 0 Å². The van der Waals surface area contributed by atoms with Crippen molar-refractivity contribution < 1.29 is 14.3 Å². The molecule has 1 aliphatic carbocycles. The van der Waals surface area contributed by atoms with E-state index in [1.807, 2.05) is 0 Å². The van der Waals surface area contributed by atoms with Gasteiger partial charge in [0.1, 0.15) is 6.67 Å². The molecule has 3 nitrogen and oxygen atoms in total. The molecule has 0 aromatic rings. The minimum absolute atomic E-state index is 0.146. The normalized spacial score (nSPS) is 27.5. The topological polar surface area (TPSA) is 49.3 Å². The molecule has 0 bridgehead atoms. The molecular weight excluding hydrogens is 185 g/mol. The van der Waals surface area contributed by atoms with Gasteiger partial charge in [0, 0.05) is 6.54 Å². The van der Waals surface area contributed by atoms with E-state index in [1.165, 1.54) is 0 Å². The first-order valence-corrected chi connectivity index (χ1v) is 5.23. The molecule has 1 saturated carbocycles. The van der Waals surface area contributed by atoms with Gasteiger partial charge in [-0.1, -0.05) is 0 Å². The number of hydrogen-bond acceptors (Lipinski definition) is 2.